The van der Waals surface area contributed by atoms with Crippen LogP contribution in [0.3, 0.4) is 0 Å². The SMILES string of the molecule is C=C(C)CSC(C)CCCSCCC(C)SCC(=C)C. The molecule has 0 fully saturated rings. The third-order valence-electron chi connectivity index (χ3n) is 2.80. The minimum atomic E-state index is 0.768. The largest absolute Gasteiger partial charge is 0.162 e. The molecule has 3 heteroatoms. The molecule has 0 aromatic rings. The van der Waals surface area contributed by atoms with Gasteiger partial charge in [0.2, 0.25) is 0 Å². The minimum absolute atomic E-state index is 0.768. The van der Waals surface area contributed by atoms with Gasteiger partial charge in [-0.05, 0) is 44.6 Å². The molecule has 2 atom stereocenters. The van der Waals surface area contributed by atoms with Crippen LogP contribution in [0.15, 0.2) is 24.3 Å². The van der Waals surface area contributed by atoms with Crippen LogP contribution >= 0.6 is 35.3 Å². The lowest BCUT2D eigenvalue weighted by Crippen LogP contribution is -2.01. The van der Waals surface area contributed by atoms with E-state index in [1.165, 1.54) is 41.9 Å². The first-order valence-electron chi connectivity index (χ1n) is 7.51. The molecule has 0 spiro atoms. The van der Waals surface area contributed by atoms with Crippen molar-refractivity contribution in [3.8, 4) is 0 Å². The van der Waals surface area contributed by atoms with Crippen molar-refractivity contribution < 1.29 is 0 Å². The van der Waals surface area contributed by atoms with Gasteiger partial charge in [-0.1, -0.05) is 38.2 Å². The normalized spacial score (nSPS) is 14.0. The Morgan fingerprint density at radius 1 is 0.850 bits per heavy atom. The molecule has 0 saturated carbocycles. The first kappa shape index (κ1) is 20.5. The Kier molecular flexibility index (Phi) is 13.6. The summed E-state index contributed by atoms with van der Waals surface area (Å²) in [6, 6.07) is 0. The van der Waals surface area contributed by atoms with Gasteiger partial charge in [0.15, 0.2) is 0 Å². The molecule has 0 rings (SSSR count). The van der Waals surface area contributed by atoms with Crippen molar-refractivity contribution in [2.45, 2.75) is 57.5 Å². The summed E-state index contributed by atoms with van der Waals surface area (Å²) in [5.74, 6) is 4.85. The van der Waals surface area contributed by atoms with E-state index in [4.69, 9.17) is 0 Å². The highest BCUT2D eigenvalue weighted by Gasteiger charge is 2.04. The second-order valence-electron chi connectivity index (χ2n) is 5.70. The van der Waals surface area contributed by atoms with Gasteiger partial charge < -0.3 is 0 Å². The summed E-state index contributed by atoms with van der Waals surface area (Å²) < 4.78 is 0. The van der Waals surface area contributed by atoms with E-state index in [9.17, 15) is 0 Å². The molecule has 0 amide bonds. The van der Waals surface area contributed by atoms with Crippen molar-refractivity contribution in [3.05, 3.63) is 24.3 Å². The maximum absolute atomic E-state index is 3.96. The molecule has 0 aromatic carbocycles. The maximum Gasteiger partial charge on any atom is 0.0140 e. The van der Waals surface area contributed by atoms with Crippen LogP contribution in [0.2, 0.25) is 0 Å². The van der Waals surface area contributed by atoms with Crippen molar-refractivity contribution in [2.75, 3.05) is 23.0 Å². The summed E-state index contributed by atoms with van der Waals surface area (Å²) in [6.07, 6.45) is 4.01. The van der Waals surface area contributed by atoms with Crippen LogP contribution in [-0.4, -0.2) is 33.5 Å². The van der Waals surface area contributed by atoms with E-state index < -0.39 is 0 Å². The zero-order valence-electron chi connectivity index (χ0n) is 13.7. The predicted octanol–water partition coefficient (Wildman–Crippen LogP) is 6.29. The van der Waals surface area contributed by atoms with Crippen molar-refractivity contribution in [1.29, 1.82) is 0 Å². The number of hydrogen-bond acceptors (Lipinski definition) is 3. The van der Waals surface area contributed by atoms with Crippen molar-refractivity contribution in [3.63, 3.8) is 0 Å². The summed E-state index contributed by atoms with van der Waals surface area (Å²) in [7, 11) is 0. The zero-order valence-corrected chi connectivity index (χ0v) is 16.2. The molecule has 0 saturated heterocycles. The van der Waals surface area contributed by atoms with Crippen LogP contribution in [0.25, 0.3) is 0 Å². The first-order chi connectivity index (χ1) is 9.41. The minimum Gasteiger partial charge on any atom is -0.162 e. The maximum atomic E-state index is 3.96. The van der Waals surface area contributed by atoms with Gasteiger partial charge in [-0.25, -0.2) is 0 Å². The summed E-state index contributed by atoms with van der Waals surface area (Å²) >= 11 is 6.20. The Balaban J connectivity index is 3.35. The molecule has 0 nitrogen and oxygen atoms in total. The van der Waals surface area contributed by atoms with E-state index >= 15 is 0 Å². The predicted molar refractivity (Wildman–Crippen MR) is 105 cm³/mol. The molecule has 0 aliphatic heterocycles. The average molecular weight is 333 g/mol. The van der Waals surface area contributed by atoms with Gasteiger partial charge in [0.25, 0.3) is 0 Å². The molecule has 2 unspecified atom stereocenters. The quantitative estimate of drug-likeness (QED) is 0.287. The lowest BCUT2D eigenvalue weighted by Gasteiger charge is -2.12. The first-order valence-corrected chi connectivity index (χ1v) is 10.8. The smallest absolute Gasteiger partial charge is 0.0140 e. The summed E-state index contributed by atoms with van der Waals surface area (Å²) in [4.78, 5) is 0. The third-order valence-corrected chi connectivity index (χ3v) is 6.83. The Morgan fingerprint density at radius 2 is 1.35 bits per heavy atom. The van der Waals surface area contributed by atoms with Crippen molar-refractivity contribution >= 4 is 35.3 Å². The molecule has 0 bridgehead atoms. The van der Waals surface area contributed by atoms with E-state index in [2.05, 4.69) is 52.6 Å². The molecular formula is C17H32S3. The average Bonchev–Trinajstić information content (AvgIpc) is 2.37. The van der Waals surface area contributed by atoms with Crippen molar-refractivity contribution in [2.24, 2.45) is 0 Å². The summed E-state index contributed by atoms with van der Waals surface area (Å²) in [5.41, 5.74) is 2.58. The van der Waals surface area contributed by atoms with Crippen LogP contribution < -0.4 is 0 Å². The van der Waals surface area contributed by atoms with Gasteiger partial charge in [-0.3, -0.25) is 0 Å². The number of rotatable bonds is 13. The molecule has 0 N–H and O–H groups in total. The van der Waals surface area contributed by atoms with Gasteiger partial charge in [0.05, 0.1) is 0 Å². The molecule has 0 aliphatic rings. The second-order valence-corrected chi connectivity index (χ2v) is 9.78. The fraction of sp³-hybridized carbons (Fsp3) is 0.765. The Hall–Kier alpha value is 0.530. The van der Waals surface area contributed by atoms with Gasteiger partial charge >= 0.3 is 0 Å². The van der Waals surface area contributed by atoms with Crippen LogP contribution in [0.5, 0.6) is 0 Å². The second kappa shape index (κ2) is 13.2. The fourth-order valence-electron chi connectivity index (χ4n) is 1.56. The highest BCUT2D eigenvalue weighted by atomic mass is 32.2. The number of thioether (sulfide) groups is 3. The lowest BCUT2D eigenvalue weighted by molar-refractivity contribution is 0.793. The summed E-state index contributed by atoms with van der Waals surface area (Å²) in [6.45, 7) is 16.8. The Labute approximate surface area is 140 Å². The fourth-order valence-corrected chi connectivity index (χ4v) is 4.56. The van der Waals surface area contributed by atoms with Crippen LogP contribution in [0.1, 0.15) is 47.0 Å². The summed E-state index contributed by atoms with van der Waals surface area (Å²) in [5, 5.41) is 1.54. The molecule has 0 aliphatic carbocycles. The van der Waals surface area contributed by atoms with Crippen molar-refractivity contribution in [1.82, 2.24) is 0 Å². The van der Waals surface area contributed by atoms with E-state index in [0.29, 0.717) is 0 Å². The zero-order chi connectivity index (χ0) is 15.4. The van der Waals surface area contributed by atoms with Crippen LogP contribution in [-0.2, 0) is 0 Å². The molecule has 20 heavy (non-hydrogen) atoms. The molecule has 118 valence electrons. The monoisotopic (exact) mass is 332 g/mol. The highest BCUT2D eigenvalue weighted by molar-refractivity contribution is 8.00. The Morgan fingerprint density at radius 3 is 1.85 bits per heavy atom. The molecule has 0 radical (unpaired) electrons. The van der Waals surface area contributed by atoms with Gasteiger partial charge in [-0.2, -0.15) is 35.3 Å². The van der Waals surface area contributed by atoms with Gasteiger partial charge in [0.1, 0.15) is 0 Å². The van der Waals surface area contributed by atoms with E-state index in [-0.39, 0.29) is 0 Å². The highest BCUT2D eigenvalue weighted by Crippen LogP contribution is 2.21. The van der Waals surface area contributed by atoms with Crippen LogP contribution in [0, 0.1) is 0 Å². The number of hydrogen-bond donors (Lipinski definition) is 0. The van der Waals surface area contributed by atoms with E-state index in [0.717, 1.165) is 22.0 Å². The Bertz CT molecular complexity index is 245. The van der Waals surface area contributed by atoms with Crippen LogP contribution in [0.4, 0.5) is 0 Å². The molecule has 0 aromatic heterocycles. The lowest BCUT2D eigenvalue weighted by atomic mass is 10.3. The van der Waals surface area contributed by atoms with Gasteiger partial charge in [-0.15, -0.1) is 0 Å². The van der Waals surface area contributed by atoms with Gasteiger partial charge in [0, 0.05) is 22.0 Å². The van der Waals surface area contributed by atoms with E-state index in [1.807, 2.05) is 23.5 Å². The van der Waals surface area contributed by atoms with E-state index in [1.54, 1.807) is 0 Å². The molecular weight excluding hydrogens is 300 g/mol. The molecule has 0 heterocycles. The third kappa shape index (κ3) is 14.9. The standard InChI is InChI=1S/C17H32S3/c1-14(2)12-19-16(5)8-7-10-18-11-9-17(6)20-13-15(3)4/h16-17H,1,3,7-13H2,2,4-6H3. The topological polar surface area (TPSA) is 0 Å².